The van der Waals surface area contributed by atoms with Crippen molar-refractivity contribution >= 4 is 0 Å². The first-order valence-corrected chi connectivity index (χ1v) is 8.00. The number of nitrogens with zero attached hydrogens (tertiary/aromatic N) is 1. The van der Waals surface area contributed by atoms with E-state index >= 15 is 0 Å². The number of nitrogens with one attached hydrogen (secondary N) is 1. The molecule has 2 aliphatic rings. The SMILES string of the molecule is Cc1ccc(C)c(CN2CC(C)(C)NCC2C2CC2)c1. The largest absolute Gasteiger partial charge is 0.309 e. The standard InChI is InChI=1S/C18H28N2/c1-13-5-6-14(2)16(9-13)11-20-12-18(3,4)19-10-17(20)15-7-8-15/h5-6,9,15,17,19H,7-8,10-12H2,1-4H3. The van der Waals surface area contributed by atoms with Crippen molar-refractivity contribution in [1.82, 2.24) is 10.2 Å². The Bertz CT molecular complexity index is 488. The van der Waals surface area contributed by atoms with Gasteiger partial charge in [-0.1, -0.05) is 23.8 Å². The molecule has 20 heavy (non-hydrogen) atoms. The maximum Gasteiger partial charge on any atom is 0.0253 e. The Kier molecular flexibility index (Phi) is 3.64. The van der Waals surface area contributed by atoms with Crippen molar-refractivity contribution in [2.24, 2.45) is 5.92 Å². The van der Waals surface area contributed by atoms with Crippen LogP contribution in [-0.4, -0.2) is 29.6 Å². The summed E-state index contributed by atoms with van der Waals surface area (Å²) in [6, 6.07) is 7.60. The van der Waals surface area contributed by atoms with Crippen LogP contribution in [0.1, 0.15) is 43.4 Å². The Labute approximate surface area is 123 Å². The predicted octanol–water partition coefficient (Wildman–Crippen LogP) is 3.27. The first-order valence-electron chi connectivity index (χ1n) is 8.00. The van der Waals surface area contributed by atoms with E-state index in [1.807, 2.05) is 0 Å². The predicted molar refractivity (Wildman–Crippen MR) is 84.9 cm³/mol. The van der Waals surface area contributed by atoms with Crippen LogP contribution in [0.25, 0.3) is 0 Å². The van der Waals surface area contributed by atoms with E-state index in [4.69, 9.17) is 0 Å². The van der Waals surface area contributed by atoms with Gasteiger partial charge >= 0.3 is 0 Å². The van der Waals surface area contributed by atoms with E-state index in [1.54, 1.807) is 0 Å². The Balaban J connectivity index is 1.79. The highest BCUT2D eigenvalue weighted by Crippen LogP contribution is 2.37. The molecule has 2 nitrogen and oxygen atoms in total. The molecule has 2 heteroatoms. The third-order valence-electron chi connectivity index (χ3n) is 4.90. The van der Waals surface area contributed by atoms with Gasteiger partial charge in [0, 0.05) is 31.2 Å². The van der Waals surface area contributed by atoms with Gasteiger partial charge in [-0.3, -0.25) is 4.90 Å². The molecule has 1 atom stereocenters. The van der Waals surface area contributed by atoms with Gasteiger partial charge < -0.3 is 5.32 Å². The monoisotopic (exact) mass is 272 g/mol. The van der Waals surface area contributed by atoms with Crippen LogP contribution in [-0.2, 0) is 6.54 Å². The molecule has 1 saturated carbocycles. The second-order valence-corrected chi connectivity index (χ2v) is 7.50. The zero-order valence-corrected chi connectivity index (χ0v) is 13.4. The van der Waals surface area contributed by atoms with Crippen molar-refractivity contribution in [2.75, 3.05) is 13.1 Å². The van der Waals surface area contributed by atoms with Crippen LogP contribution in [0.5, 0.6) is 0 Å². The smallest absolute Gasteiger partial charge is 0.0253 e. The molecular weight excluding hydrogens is 244 g/mol. The molecule has 1 aliphatic carbocycles. The quantitative estimate of drug-likeness (QED) is 0.908. The lowest BCUT2D eigenvalue weighted by Gasteiger charge is -2.45. The third kappa shape index (κ3) is 3.07. The number of aryl methyl sites for hydroxylation is 2. The molecule has 1 N–H and O–H groups in total. The van der Waals surface area contributed by atoms with Crippen molar-refractivity contribution < 1.29 is 0 Å². The van der Waals surface area contributed by atoms with Gasteiger partial charge in [0.05, 0.1) is 0 Å². The summed E-state index contributed by atoms with van der Waals surface area (Å²) < 4.78 is 0. The van der Waals surface area contributed by atoms with Gasteiger partial charge in [0.2, 0.25) is 0 Å². The first-order chi connectivity index (χ1) is 9.44. The van der Waals surface area contributed by atoms with Crippen LogP contribution in [0.3, 0.4) is 0 Å². The molecule has 1 unspecified atom stereocenters. The van der Waals surface area contributed by atoms with Crippen molar-refractivity contribution in [1.29, 1.82) is 0 Å². The lowest BCUT2D eigenvalue weighted by atomic mass is 9.95. The summed E-state index contributed by atoms with van der Waals surface area (Å²) in [5.74, 6) is 0.934. The molecule has 0 bridgehead atoms. The summed E-state index contributed by atoms with van der Waals surface area (Å²) in [5, 5.41) is 3.73. The minimum atomic E-state index is 0.239. The van der Waals surface area contributed by atoms with Crippen LogP contribution in [0, 0.1) is 19.8 Å². The summed E-state index contributed by atoms with van der Waals surface area (Å²) in [6.45, 7) is 12.5. The fourth-order valence-corrected chi connectivity index (χ4v) is 3.50. The van der Waals surface area contributed by atoms with E-state index in [9.17, 15) is 0 Å². The van der Waals surface area contributed by atoms with Gasteiger partial charge in [-0.25, -0.2) is 0 Å². The van der Waals surface area contributed by atoms with Gasteiger partial charge in [-0.2, -0.15) is 0 Å². The molecule has 0 spiro atoms. The number of hydrogen-bond acceptors (Lipinski definition) is 2. The van der Waals surface area contributed by atoms with Gasteiger partial charge in [0.15, 0.2) is 0 Å². The normalized spacial score (nSPS) is 26.7. The summed E-state index contributed by atoms with van der Waals surface area (Å²) in [6.07, 6.45) is 2.85. The average molecular weight is 272 g/mol. The van der Waals surface area contributed by atoms with Gasteiger partial charge in [-0.05, 0) is 57.6 Å². The van der Waals surface area contributed by atoms with Crippen LogP contribution in [0.4, 0.5) is 0 Å². The second-order valence-electron chi connectivity index (χ2n) is 7.50. The zero-order valence-electron chi connectivity index (χ0n) is 13.4. The summed E-state index contributed by atoms with van der Waals surface area (Å²) in [4.78, 5) is 2.73. The maximum atomic E-state index is 3.73. The molecule has 0 amide bonds. The Morgan fingerprint density at radius 1 is 1.25 bits per heavy atom. The van der Waals surface area contributed by atoms with Crippen LogP contribution >= 0.6 is 0 Å². The lowest BCUT2D eigenvalue weighted by molar-refractivity contribution is 0.0758. The molecule has 0 aromatic heterocycles. The minimum Gasteiger partial charge on any atom is -0.309 e. The van der Waals surface area contributed by atoms with Gasteiger partial charge in [0.25, 0.3) is 0 Å². The molecule has 1 heterocycles. The Morgan fingerprint density at radius 3 is 2.70 bits per heavy atom. The highest BCUT2D eigenvalue weighted by Gasteiger charge is 2.40. The third-order valence-corrected chi connectivity index (χ3v) is 4.90. The van der Waals surface area contributed by atoms with E-state index in [-0.39, 0.29) is 5.54 Å². The topological polar surface area (TPSA) is 15.3 Å². The molecule has 2 fully saturated rings. The summed E-state index contributed by atoms with van der Waals surface area (Å²) in [5.41, 5.74) is 4.56. The van der Waals surface area contributed by atoms with E-state index < -0.39 is 0 Å². The summed E-state index contributed by atoms with van der Waals surface area (Å²) >= 11 is 0. The molecule has 110 valence electrons. The van der Waals surface area contributed by atoms with Crippen molar-refractivity contribution in [3.8, 4) is 0 Å². The van der Waals surface area contributed by atoms with E-state index in [1.165, 1.54) is 29.5 Å². The second kappa shape index (κ2) is 5.16. The first kappa shape index (κ1) is 14.1. The van der Waals surface area contributed by atoms with Gasteiger partial charge in [-0.15, -0.1) is 0 Å². The molecule has 0 radical (unpaired) electrons. The van der Waals surface area contributed by atoms with Gasteiger partial charge in [0.1, 0.15) is 0 Å². The van der Waals surface area contributed by atoms with E-state index in [0.29, 0.717) is 0 Å². The maximum absolute atomic E-state index is 3.73. The number of hydrogen-bond donors (Lipinski definition) is 1. The van der Waals surface area contributed by atoms with E-state index in [2.05, 4.69) is 56.1 Å². The zero-order chi connectivity index (χ0) is 14.3. The van der Waals surface area contributed by atoms with Crippen LogP contribution < -0.4 is 5.32 Å². The fraction of sp³-hybridized carbons (Fsp3) is 0.667. The Morgan fingerprint density at radius 2 is 2.00 bits per heavy atom. The molecule has 1 saturated heterocycles. The minimum absolute atomic E-state index is 0.239. The molecule has 3 rings (SSSR count). The molecule has 1 aromatic carbocycles. The molecule has 1 aromatic rings. The lowest BCUT2D eigenvalue weighted by Crippen LogP contribution is -2.61. The van der Waals surface area contributed by atoms with Crippen LogP contribution in [0.15, 0.2) is 18.2 Å². The molecular formula is C18H28N2. The number of piperazine rings is 1. The van der Waals surface area contributed by atoms with Crippen LogP contribution in [0.2, 0.25) is 0 Å². The average Bonchev–Trinajstić information content (AvgIpc) is 3.17. The molecule has 1 aliphatic heterocycles. The van der Waals surface area contributed by atoms with E-state index in [0.717, 1.165) is 31.6 Å². The highest BCUT2D eigenvalue weighted by atomic mass is 15.3. The highest BCUT2D eigenvalue weighted by molar-refractivity contribution is 5.30. The van der Waals surface area contributed by atoms with Crippen molar-refractivity contribution in [3.05, 3.63) is 34.9 Å². The van der Waals surface area contributed by atoms with Crippen molar-refractivity contribution in [2.45, 2.75) is 58.7 Å². The Hall–Kier alpha value is -0.860. The number of benzene rings is 1. The fourth-order valence-electron chi connectivity index (χ4n) is 3.50. The summed E-state index contributed by atoms with van der Waals surface area (Å²) in [7, 11) is 0. The number of rotatable bonds is 3. The van der Waals surface area contributed by atoms with Crippen molar-refractivity contribution in [3.63, 3.8) is 0 Å².